The summed E-state index contributed by atoms with van der Waals surface area (Å²) < 4.78 is 6.04. The van der Waals surface area contributed by atoms with Crippen LogP contribution in [0.25, 0.3) is 0 Å². The van der Waals surface area contributed by atoms with Crippen LogP contribution in [0.2, 0.25) is 0 Å². The third kappa shape index (κ3) is 3.07. The van der Waals surface area contributed by atoms with Gasteiger partial charge in [0, 0.05) is 18.5 Å². The van der Waals surface area contributed by atoms with Gasteiger partial charge in [-0.3, -0.25) is 4.98 Å². The number of nitrogen functional groups attached to an aromatic ring is 1. The molecule has 0 bridgehead atoms. The van der Waals surface area contributed by atoms with Crippen molar-refractivity contribution in [1.82, 2.24) is 9.97 Å². The Bertz CT molecular complexity index is 611. The van der Waals surface area contributed by atoms with Gasteiger partial charge in [-0.2, -0.15) is 0 Å². The zero-order valence-electron chi connectivity index (χ0n) is 12.2. The number of hydrogen-bond acceptors (Lipinski definition) is 5. The van der Waals surface area contributed by atoms with E-state index in [1.807, 2.05) is 24.3 Å². The highest BCUT2D eigenvalue weighted by molar-refractivity contribution is 5.68. The minimum absolute atomic E-state index is 0.0757. The van der Waals surface area contributed by atoms with Crippen molar-refractivity contribution in [1.29, 1.82) is 0 Å². The van der Waals surface area contributed by atoms with Crippen molar-refractivity contribution in [3.05, 3.63) is 42.4 Å². The maximum Gasteiger partial charge on any atom is 0.153 e. The summed E-state index contributed by atoms with van der Waals surface area (Å²) in [6, 6.07) is 7.63. The fraction of sp³-hybridized carbons (Fsp3) is 0.375. The van der Waals surface area contributed by atoms with Gasteiger partial charge in [0.15, 0.2) is 5.82 Å². The van der Waals surface area contributed by atoms with Gasteiger partial charge in [0.05, 0.1) is 12.2 Å². The highest BCUT2D eigenvalue weighted by Gasteiger charge is 2.34. The first-order valence-electron chi connectivity index (χ1n) is 7.24. The van der Waals surface area contributed by atoms with Gasteiger partial charge in [0.1, 0.15) is 17.0 Å². The van der Waals surface area contributed by atoms with Crippen LogP contribution in [-0.4, -0.2) is 15.6 Å². The molecule has 0 unspecified atom stereocenters. The van der Waals surface area contributed by atoms with Crippen LogP contribution in [0, 0.1) is 0 Å². The molecule has 0 spiro atoms. The van der Waals surface area contributed by atoms with E-state index in [0.717, 1.165) is 18.5 Å². The number of nitrogens with one attached hydrogen (secondary N) is 1. The molecule has 0 radical (unpaired) electrons. The van der Waals surface area contributed by atoms with E-state index in [-0.39, 0.29) is 5.60 Å². The zero-order valence-corrected chi connectivity index (χ0v) is 12.2. The summed E-state index contributed by atoms with van der Waals surface area (Å²) in [6.45, 7) is 2.70. The molecule has 1 aliphatic carbocycles. The lowest BCUT2D eigenvalue weighted by molar-refractivity contribution is 0.0120. The molecule has 1 saturated carbocycles. The minimum Gasteiger partial charge on any atom is -0.485 e. The summed E-state index contributed by atoms with van der Waals surface area (Å²) >= 11 is 0. The number of anilines is 2. The summed E-state index contributed by atoms with van der Waals surface area (Å²) in [6.07, 6.45) is 6.85. The van der Waals surface area contributed by atoms with Crippen molar-refractivity contribution >= 4 is 11.5 Å². The van der Waals surface area contributed by atoms with Crippen molar-refractivity contribution in [3.8, 4) is 5.75 Å². The number of hydrogen-bond donors (Lipinski definition) is 2. The fourth-order valence-electron chi connectivity index (χ4n) is 2.40. The Morgan fingerprint density at radius 3 is 2.76 bits per heavy atom. The van der Waals surface area contributed by atoms with Crippen LogP contribution in [0.5, 0.6) is 5.75 Å². The number of ether oxygens (including phenoxy) is 1. The van der Waals surface area contributed by atoms with Gasteiger partial charge in [-0.25, -0.2) is 4.98 Å². The lowest BCUT2D eigenvalue weighted by Gasteiger charge is -2.38. The van der Waals surface area contributed by atoms with Crippen molar-refractivity contribution in [2.75, 3.05) is 11.1 Å². The second kappa shape index (κ2) is 5.60. The molecule has 110 valence electrons. The third-order valence-corrected chi connectivity index (χ3v) is 3.88. The molecule has 0 saturated heterocycles. The molecular weight excluding hydrogens is 264 g/mol. The van der Waals surface area contributed by atoms with Gasteiger partial charge in [0.25, 0.3) is 0 Å². The molecule has 0 amide bonds. The molecule has 3 rings (SSSR count). The van der Waals surface area contributed by atoms with Gasteiger partial charge >= 0.3 is 0 Å². The lowest BCUT2D eigenvalue weighted by Crippen LogP contribution is -2.39. The van der Waals surface area contributed by atoms with Crippen molar-refractivity contribution in [2.24, 2.45) is 0 Å². The largest absolute Gasteiger partial charge is 0.485 e. The van der Waals surface area contributed by atoms with E-state index in [4.69, 9.17) is 10.5 Å². The summed E-state index contributed by atoms with van der Waals surface area (Å²) in [7, 11) is 0. The molecule has 1 aliphatic rings. The highest BCUT2D eigenvalue weighted by atomic mass is 16.5. The van der Waals surface area contributed by atoms with E-state index in [0.29, 0.717) is 23.8 Å². The van der Waals surface area contributed by atoms with Gasteiger partial charge in [-0.1, -0.05) is 6.07 Å². The molecule has 2 aromatic rings. The predicted octanol–water partition coefficient (Wildman–Crippen LogP) is 2.99. The van der Waals surface area contributed by atoms with Crippen molar-refractivity contribution < 1.29 is 4.74 Å². The predicted molar refractivity (Wildman–Crippen MR) is 83.1 cm³/mol. The van der Waals surface area contributed by atoms with E-state index < -0.39 is 0 Å². The highest BCUT2D eigenvalue weighted by Crippen LogP contribution is 2.39. The summed E-state index contributed by atoms with van der Waals surface area (Å²) in [5.41, 5.74) is 7.59. The van der Waals surface area contributed by atoms with Crippen molar-refractivity contribution in [2.45, 2.75) is 38.3 Å². The molecule has 1 fully saturated rings. The first-order valence-corrected chi connectivity index (χ1v) is 7.24. The average Bonchev–Trinajstić information content (AvgIpc) is 2.47. The van der Waals surface area contributed by atoms with Crippen LogP contribution in [0.3, 0.4) is 0 Å². The van der Waals surface area contributed by atoms with Gasteiger partial charge in [-0.15, -0.1) is 0 Å². The number of nitrogens with zero attached hydrogens (tertiary/aromatic N) is 2. The monoisotopic (exact) mass is 284 g/mol. The lowest BCUT2D eigenvalue weighted by atomic mass is 9.82. The molecule has 0 atom stereocenters. The van der Waals surface area contributed by atoms with Gasteiger partial charge in [-0.05, 0) is 38.3 Å². The molecular formula is C16H20N4O. The smallest absolute Gasteiger partial charge is 0.153 e. The topological polar surface area (TPSA) is 73.1 Å². The van der Waals surface area contributed by atoms with Crippen LogP contribution in [0.4, 0.5) is 11.5 Å². The third-order valence-electron chi connectivity index (χ3n) is 3.88. The van der Waals surface area contributed by atoms with E-state index in [1.54, 1.807) is 12.4 Å². The van der Waals surface area contributed by atoms with Crippen LogP contribution < -0.4 is 15.8 Å². The van der Waals surface area contributed by atoms with Crippen LogP contribution in [0.15, 0.2) is 36.7 Å². The Morgan fingerprint density at radius 2 is 2.10 bits per heavy atom. The minimum atomic E-state index is -0.0757. The normalized spacial score (nSPS) is 16.0. The van der Waals surface area contributed by atoms with E-state index in [2.05, 4.69) is 22.2 Å². The Morgan fingerprint density at radius 1 is 1.24 bits per heavy atom. The molecule has 0 aromatic carbocycles. The van der Waals surface area contributed by atoms with Gasteiger partial charge < -0.3 is 15.8 Å². The SMILES string of the molecule is CC1(Oc2ccnc(NCc3ccccn3)c2N)CCC1. The van der Waals surface area contributed by atoms with Crippen LogP contribution in [0.1, 0.15) is 31.9 Å². The van der Waals surface area contributed by atoms with Crippen LogP contribution >= 0.6 is 0 Å². The molecule has 5 heteroatoms. The average molecular weight is 284 g/mol. The molecule has 21 heavy (non-hydrogen) atoms. The quantitative estimate of drug-likeness (QED) is 0.883. The molecule has 2 aromatic heterocycles. The summed E-state index contributed by atoms with van der Waals surface area (Å²) in [5, 5.41) is 3.21. The summed E-state index contributed by atoms with van der Waals surface area (Å²) in [5.74, 6) is 1.34. The van der Waals surface area contributed by atoms with E-state index >= 15 is 0 Å². The Hall–Kier alpha value is -2.30. The maximum atomic E-state index is 6.16. The van der Waals surface area contributed by atoms with E-state index in [9.17, 15) is 0 Å². The second-order valence-electron chi connectivity index (χ2n) is 5.65. The fourth-order valence-corrected chi connectivity index (χ4v) is 2.40. The standard InChI is InChI=1S/C16H20N4O/c1-16(7-4-8-16)21-13-6-10-19-15(14(13)17)20-11-12-5-2-3-9-18-12/h2-3,5-6,9-10H,4,7-8,11,17H2,1H3,(H,19,20). The molecule has 2 heterocycles. The number of aromatic nitrogens is 2. The first-order chi connectivity index (χ1) is 10.2. The Balaban J connectivity index is 1.71. The second-order valence-corrected chi connectivity index (χ2v) is 5.65. The molecule has 5 nitrogen and oxygen atoms in total. The number of pyridine rings is 2. The maximum absolute atomic E-state index is 6.16. The zero-order chi connectivity index (χ0) is 14.7. The van der Waals surface area contributed by atoms with Gasteiger partial charge in [0.2, 0.25) is 0 Å². The number of nitrogens with two attached hydrogens (primary N) is 1. The van der Waals surface area contributed by atoms with Crippen molar-refractivity contribution in [3.63, 3.8) is 0 Å². The first kappa shape index (κ1) is 13.7. The molecule has 0 aliphatic heterocycles. The number of rotatable bonds is 5. The summed E-state index contributed by atoms with van der Waals surface area (Å²) in [4.78, 5) is 8.55. The Labute approximate surface area is 124 Å². The Kier molecular flexibility index (Phi) is 3.64. The van der Waals surface area contributed by atoms with E-state index in [1.165, 1.54) is 6.42 Å². The van der Waals surface area contributed by atoms with Crippen LogP contribution in [-0.2, 0) is 6.54 Å². The molecule has 3 N–H and O–H groups in total.